The van der Waals surface area contributed by atoms with Crippen molar-refractivity contribution in [2.75, 3.05) is 27.2 Å². The van der Waals surface area contributed by atoms with E-state index >= 15 is 0 Å². The van der Waals surface area contributed by atoms with Crippen molar-refractivity contribution in [3.05, 3.63) is 0 Å². The van der Waals surface area contributed by atoms with Gasteiger partial charge in [-0.05, 0) is 52.9 Å². The lowest BCUT2D eigenvalue weighted by atomic mass is 9.95. The smallest absolute Gasteiger partial charge is 0.0733 e. The number of fused-ring (bicyclic) bond motifs is 2. The van der Waals surface area contributed by atoms with E-state index in [1.165, 1.54) is 32.2 Å². The third-order valence-electron chi connectivity index (χ3n) is 3.29. The Morgan fingerprint density at radius 2 is 2.21 bits per heavy atom. The van der Waals surface area contributed by atoms with Crippen LogP contribution in [0.2, 0.25) is 0 Å². The third-order valence-corrected chi connectivity index (χ3v) is 3.29. The Balaban J connectivity index is 1.58. The van der Waals surface area contributed by atoms with Crippen LogP contribution in [0.3, 0.4) is 0 Å². The van der Waals surface area contributed by atoms with Crippen molar-refractivity contribution in [1.82, 2.24) is 10.2 Å². The Morgan fingerprint density at radius 1 is 1.36 bits per heavy atom. The minimum absolute atomic E-state index is 0.527. The summed E-state index contributed by atoms with van der Waals surface area (Å²) in [7, 11) is 4.25. The Kier molecular flexibility index (Phi) is 3.42. The average molecular weight is 198 g/mol. The average Bonchev–Trinajstić information content (AvgIpc) is 2.73. The van der Waals surface area contributed by atoms with Gasteiger partial charge in [-0.25, -0.2) is 0 Å². The van der Waals surface area contributed by atoms with Crippen LogP contribution >= 0.6 is 0 Å². The highest BCUT2D eigenvalue weighted by molar-refractivity contribution is 4.93. The fourth-order valence-electron chi connectivity index (χ4n) is 2.54. The second-order valence-corrected chi connectivity index (χ2v) is 4.83. The van der Waals surface area contributed by atoms with Crippen molar-refractivity contribution in [2.45, 2.75) is 43.9 Å². The molecule has 2 bridgehead atoms. The van der Waals surface area contributed by atoms with E-state index in [9.17, 15) is 0 Å². The van der Waals surface area contributed by atoms with E-state index in [1.54, 1.807) is 0 Å². The summed E-state index contributed by atoms with van der Waals surface area (Å²) < 4.78 is 5.79. The molecule has 0 aromatic heterocycles. The molecule has 82 valence electrons. The minimum atomic E-state index is 0.527. The van der Waals surface area contributed by atoms with E-state index in [0.717, 1.165) is 6.54 Å². The fourth-order valence-corrected chi connectivity index (χ4v) is 2.54. The number of ether oxygens (including phenoxy) is 1. The third kappa shape index (κ3) is 2.47. The summed E-state index contributed by atoms with van der Waals surface area (Å²) in [5.41, 5.74) is 0. The van der Waals surface area contributed by atoms with Crippen LogP contribution in [-0.4, -0.2) is 50.3 Å². The summed E-state index contributed by atoms with van der Waals surface area (Å²) in [5.74, 6) is 0. The number of rotatable bonds is 5. The van der Waals surface area contributed by atoms with E-state index in [1.807, 2.05) is 0 Å². The topological polar surface area (TPSA) is 24.5 Å². The standard InChI is InChI=1S/C11H22N2O/c1-13(2)7-3-6-12-10-8-9-4-5-11(10)14-9/h9-12H,3-8H2,1-2H3. The molecule has 14 heavy (non-hydrogen) atoms. The van der Waals surface area contributed by atoms with Crippen LogP contribution in [0.5, 0.6) is 0 Å². The predicted molar refractivity (Wildman–Crippen MR) is 57.5 cm³/mol. The van der Waals surface area contributed by atoms with Crippen molar-refractivity contribution in [3.8, 4) is 0 Å². The van der Waals surface area contributed by atoms with Crippen molar-refractivity contribution < 1.29 is 4.74 Å². The maximum Gasteiger partial charge on any atom is 0.0733 e. The summed E-state index contributed by atoms with van der Waals surface area (Å²) in [4.78, 5) is 2.24. The summed E-state index contributed by atoms with van der Waals surface area (Å²) in [6.45, 7) is 2.31. The molecule has 3 unspecified atom stereocenters. The summed E-state index contributed by atoms with van der Waals surface area (Å²) >= 11 is 0. The predicted octanol–water partition coefficient (Wildman–Crippen LogP) is 0.848. The molecule has 2 fully saturated rings. The number of nitrogens with one attached hydrogen (secondary N) is 1. The Morgan fingerprint density at radius 3 is 2.79 bits per heavy atom. The van der Waals surface area contributed by atoms with E-state index in [0.29, 0.717) is 18.2 Å². The quantitative estimate of drug-likeness (QED) is 0.663. The van der Waals surface area contributed by atoms with E-state index in [2.05, 4.69) is 24.3 Å². The number of nitrogens with zero attached hydrogens (tertiary/aromatic N) is 1. The first kappa shape index (κ1) is 10.4. The molecule has 3 atom stereocenters. The Bertz CT molecular complexity index is 184. The van der Waals surface area contributed by atoms with E-state index in [-0.39, 0.29) is 0 Å². The molecule has 2 aliphatic heterocycles. The highest BCUT2D eigenvalue weighted by Gasteiger charge is 2.40. The Labute approximate surface area is 86.8 Å². The first-order chi connectivity index (χ1) is 6.75. The van der Waals surface area contributed by atoms with Crippen molar-refractivity contribution >= 4 is 0 Å². The highest BCUT2D eigenvalue weighted by atomic mass is 16.5. The van der Waals surface area contributed by atoms with Gasteiger partial charge in [0.25, 0.3) is 0 Å². The van der Waals surface area contributed by atoms with Gasteiger partial charge in [-0.2, -0.15) is 0 Å². The lowest BCUT2D eigenvalue weighted by Crippen LogP contribution is -2.38. The monoisotopic (exact) mass is 198 g/mol. The lowest BCUT2D eigenvalue weighted by Gasteiger charge is -2.20. The summed E-state index contributed by atoms with van der Waals surface area (Å²) in [6, 6.07) is 0.649. The van der Waals surface area contributed by atoms with Gasteiger partial charge in [0.1, 0.15) is 0 Å². The number of hydrogen-bond donors (Lipinski definition) is 1. The Hall–Kier alpha value is -0.120. The maximum absolute atomic E-state index is 5.79. The fraction of sp³-hybridized carbons (Fsp3) is 1.00. The molecule has 0 aromatic carbocycles. The molecule has 0 amide bonds. The van der Waals surface area contributed by atoms with Gasteiger partial charge in [-0.3, -0.25) is 0 Å². The molecule has 0 aromatic rings. The van der Waals surface area contributed by atoms with Gasteiger partial charge in [-0.1, -0.05) is 0 Å². The minimum Gasteiger partial charge on any atom is -0.373 e. The zero-order valence-electron chi connectivity index (χ0n) is 9.33. The highest BCUT2D eigenvalue weighted by Crippen LogP contribution is 2.34. The van der Waals surface area contributed by atoms with Gasteiger partial charge in [-0.15, -0.1) is 0 Å². The number of hydrogen-bond acceptors (Lipinski definition) is 3. The molecular formula is C11H22N2O. The molecule has 2 rings (SSSR count). The zero-order valence-corrected chi connectivity index (χ0v) is 9.33. The van der Waals surface area contributed by atoms with Crippen LogP contribution in [0.4, 0.5) is 0 Å². The van der Waals surface area contributed by atoms with Gasteiger partial charge >= 0.3 is 0 Å². The van der Waals surface area contributed by atoms with Crippen LogP contribution in [0.1, 0.15) is 25.7 Å². The van der Waals surface area contributed by atoms with Gasteiger partial charge in [0.2, 0.25) is 0 Å². The zero-order chi connectivity index (χ0) is 9.97. The van der Waals surface area contributed by atoms with Gasteiger partial charge in [0.15, 0.2) is 0 Å². The molecule has 2 saturated heterocycles. The largest absolute Gasteiger partial charge is 0.373 e. The van der Waals surface area contributed by atoms with E-state index < -0.39 is 0 Å². The first-order valence-corrected chi connectivity index (χ1v) is 5.79. The van der Waals surface area contributed by atoms with Crippen LogP contribution in [0.25, 0.3) is 0 Å². The van der Waals surface area contributed by atoms with Crippen molar-refractivity contribution in [3.63, 3.8) is 0 Å². The first-order valence-electron chi connectivity index (χ1n) is 5.79. The van der Waals surface area contributed by atoms with Gasteiger partial charge in [0.05, 0.1) is 12.2 Å². The molecule has 2 aliphatic rings. The molecule has 0 aliphatic carbocycles. The van der Waals surface area contributed by atoms with Crippen LogP contribution in [-0.2, 0) is 4.74 Å². The summed E-state index contributed by atoms with van der Waals surface area (Å²) in [6.07, 6.45) is 6.15. The molecule has 3 nitrogen and oxygen atoms in total. The lowest BCUT2D eigenvalue weighted by molar-refractivity contribution is 0.0974. The molecule has 3 heteroatoms. The summed E-state index contributed by atoms with van der Waals surface area (Å²) in [5, 5.41) is 3.62. The molecular weight excluding hydrogens is 176 g/mol. The SMILES string of the molecule is CN(C)CCCNC1CC2CCC1O2. The molecule has 0 saturated carbocycles. The second kappa shape index (κ2) is 4.60. The van der Waals surface area contributed by atoms with Gasteiger partial charge in [0, 0.05) is 6.04 Å². The van der Waals surface area contributed by atoms with Gasteiger partial charge < -0.3 is 15.0 Å². The van der Waals surface area contributed by atoms with Crippen molar-refractivity contribution in [1.29, 1.82) is 0 Å². The van der Waals surface area contributed by atoms with Crippen LogP contribution < -0.4 is 5.32 Å². The molecule has 2 heterocycles. The molecule has 0 radical (unpaired) electrons. The van der Waals surface area contributed by atoms with Crippen LogP contribution in [0, 0.1) is 0 Å². The van der Waals surface area contributed by atoms with Crippen molar-refractivity contribution in [2.24, 2.45) is 0 Å². The maximum atomic E-state index is 5.79. The second-order valence-electron chi connectivity index (χ2n) is 4.83. The normalized spacial score (nSPS) is 35.8. The molecule has 0 spiro atoms. The molecule has 1 N–H and O–H groups in total. The van der Waals surface area contributed by atoms with Crippen LogP contribution in [0.15, 0.2) is 0 Å². The van der Waals surface area contributed by atoms with E-state index in [4.69, 9.17) is 4.74 Å².